The second-order valence-corrected chi connectivity index (χ2v) is 12.3. The number of amides is 1. The summed E-state index contributed by atoms with van der Waals surface area (Å²) in [6, 6.07) is 9.15. The first-order chi connectivity index (χ1) is 20.3. The lowest BCUT2D eigenvalue weighted by Crippen LogP contribution is -2.40. The molecule has 1 atom stereocenters. The third-order valence-corrected chi connectivity index (χ3v) is 7.59. The van der Waals surface area contributed by atoms with Crippen LogP contribution in [0.4, 0.5) is 30.9 Å². The van der Waals surface area contributed by atoms with E-state index in [1.54, 1.807) is 59.2 Å². The van der Waals surface area contributed by atoms with Crippen molar-refractivity contribution in [3.8, 4) is 23.2 Å². The van der Waals surface area contributed by atoms with E-state index in [0.717, 1.165) is 30.8 Å². The molecule has 1 N–H and O–H groups in total. The van der Waals surface area contributed by atoms with Crippen molar-refractivity contribution in [3.05, 3.63) is 52.8 Å². The number of hydrogen-bond donors (Lipinski definition) is 1. The SMILES string of the molecule is COc1nc2c(cc1Nc1nccc(-c3cc(C#N)c4c(c3)C(C)(CC(F)F)CN4C(=O)OC(C)(C)C)n1)CN(C)CC2. The summed E-state index contributed by atoms with van der Waals surface area (Å²) in [6.45, 7) is 8.48. The topological polar surface area (TPSA) is 116 Å². The molecule has 0 radical (unpaired) electrons. The number of nitrogens with one attached hydrogen (secondary N) is 1. The molecule has 2 aliphatic rings. The molecule has 3 aromatic rings. The van der Waals surface area contributed by atoms with E-state index >= 15 is 0 Å². The van der Waals surface area contributed by atoms with Crippen LogP contribution in [-0.4, -0.2) is 65.2 Å². The number of fused-ring (bicyclic) bond motifs is 2. The average Bonchev–Trinajstić information content (AvgIpc) is 3.23. The van der Waals surface area contributed by atoms with Crippen LogP contribution in [0.15, 0.2) is 30.5 Å². The minimum absolute atomic E-state index is 0.0450. The first kappa shape index (κ1) is 30.1. The fraction of sp³-hybridized carbons (Fsp3) is 0.452. The molecular formula is C31H35F2N7O3. The number of likely N-dealkylation sites (N-methyl/N-ethyl adjacent to an activating group) is 1. The lowest BCUT2D eigenvalue weighted by atomic mass is 9.80. The van der Waals surface area contributed by atoms with E-state index in [0.29, 0.717) is 28.4 Å². The number of nitriles is 1. The highest BCUT2D eigenvalue weighted by Gasteiger charge is 2.46. The Morgan fingerprint density at radius 3 is 2.70 bits per heavy atom. The summed E-state index contributed by atoms with van der Waals surface area (Å²) in [6.07, 6.45) is -1.42. The van der Waals surface area contributed by atoms with Crippen LogP contribution in [0.2, 0.25) is 0 Å². The summed E-state index contributed by atoms with van der Waals surface area (Å²) in [5.74, 6) is 0.693. The highest BCUT2D eigenvalue weighted by atomic mass is 19.3. The summed E-state index contributed by atoms with van der Waals surface area (Å²) in [5, 5.41) is 13.3. The second-order valence-electron chi connectivity index (χ2n) is 12.3. The predicted octanol–water partition coefficient (Wildman–Crippen LogP) is 5.82. The summed E-state index contributed by atoms with van der Waals surface area (Å²) < 4.78 is 38.8. The maximum Gasteiger partial charge on any atom is 0.414 e. The molecule has 12 heteroatoms. The zero-order valence-corrected chi connectivity index (χ0v) is 25.2. The standard InChI is InChI=1S/C31H35F2N7O3/c1-30(2,3)43-29(41)40-17-31(4,14-25(32)33)21-12-18(11-19(15-34)26(21)40)22-7-9-35-28(37-22)38-24-13-20-16-39(5)10-8-23(20)36-27(24)42-6/h7,9,11-13,25H,8,10,14,16-17H2,1-6H3,(H,35,37,38). The summed E-state index contributed by atoms with van der Waals surface area (Å²) in [7, 11) is 3.61. The Bertz CT molecular complexity index is 1600. The van der Waals surface area contributed by atoms with Gasteiger partial charge < -0.3 is 19.7 Å². The average molecular weight is 592 g/mol. The van der Waals surface area contributed by atoms with Crippen molar-refractivity contribution in [3.63, 3.8) is 0 Å². The molecule has 2 aliphatic heterocycles. The Hall–Kier alpha value is -4.37. The number of aromatic nitrogens is 3. The van der Waals surface area contributed by atoms with Gasteiger partial charge in [0.1, 0.15) is 17.4 Å². The zero-order valence-electron chi connectivity index (χ0n) is 25.2. The van der Waals surface area contributed by atoms with E-state index in [1.807, 2.05) is 6.07 Å². The molecule has 4 heterocycles. The fourth-order valence-corrected chi connectivity index (χ4v) is 5.66. The molecule has 5 rings (SSSR count). The number of alkyl halides is 2. The number of carbonyl (C=O) groups is 1. The Balaban J connectivity index is 1.54. The number of hydrogen-bond acceptors (Lipinski definition) is 9. The van der Waals surface area contributed by atoms with E-state index in [-0.39, 0.29) is 23.7 Å². The second kappa shape index (κ2) is 11.4. The highest BCUT2D eigenvalue weighted by molar-refractivity contribution is 5.95. The van der Waals surface area contributed by atoms with E-state index in [1.165, 1.54) is 4.90 Å². The largest absolute Gasteiger partial charge is 0.480 e. The van der Waals surface area contributed by atoms with Crippen molar-refractivity contribution in [2.24, 2.45) is 0 Å². The van der Waals surface area contributed by atoms with Gasteiger partial charge in [-0.3, -0.25) is 4.90 Å². The van der Waals surface area contributed by atoms with Crippen molar-refractivity contribution in [2.75, 3.05) is 37.5 Å². The van der Waals surface area contributed by atoms with Crippen molar-refractivity contribution >= 4 is 23.4 Å². The number of halogens is 2. The van der Waals surface area contributed by atoms with Crippen LogP contribution < -0.4 is 15.0 Å². The first-order valence-corrected chi connectivity index (χ1v) is 14.0. The molecule has 1 amide bonds. The number of ether oxygens (including phenoxy) is 2. The minimum atomic E-state index is -2.62. The smallest absolute Gasteiger partial charge is 0.414 e. The monoisotopic (exact) mass is 591 g/mol. The van der Waals surface area contributed by atoms with Gasteiger partial charge in [-0.1, -0.05) is 6.92 Å². The van der Waals surface area contributed by atoms with Crippen molar-refractivity contribution in [1.29, 1.82) is 5.26 Å². The van der Waals surface area contributed by atoms with Gasteiger partial charge in [-0.25, -0.2) is 28.5 Å². The summed E-state index contributed by atoms with van der Waals surface area (Å²) >= 11 is 0. The number of carbonyl (C=O) groups excluding carboxylic acids is 1. The van der Waals surface area contributed by atoms with E-state index in [4.69, 9.17) is 9.47 Å². The van der Waals surface area contributed by atoms with Gasteiger partial charge in [0, 0.05) is 49.7 Å². The number of benzene rings is 1. The van der Waals surface area contributed by atoms with Gasteiger partial charge in [0.15, 0.2) is 0 Å². The van der Waals surface area contributed by atoms with Crippen LogP contribution in [-0.2, 0) is 23.1 Å². The Kier molecular flexibility index (Phi) is 7.96. The van der Waals surface area contributed by atoms with Crippen molar-refractivity contribution in [2.45, 2.75) is 64.5 Å². The quantitative estimate of drug-likeness (QED) is 0.379. The van der Waals surface area contributed by atoms with Gasteiger partial charge in [0.25, 0.3) is 0 Å². The lowest BCUT2D eigenvalue weighted by Gasteiger charge is -2.27. The zero-order chi connectivity index (χ0) is 31.1. The highest BCUT2D eigenvalue weighted by Crippen LogP contribution is 2.48. The molecule has 43 heavy (non-hydrogen) atoms. The number of methoxy groups -OCH3 is 1. The van der Waals surface area contributed by atoms with Gasteiger partial charge in [-0.15, -0.1) is 0 Å². The number of nitrogens with zero attached hydrogens (tertiary/aromatic N) is 6. The van der Waals surface area contributed by atoms with E-state index in [9.17, 15) is 18.8 Å². The molecular weight excluding hydrogens is 556 g/mol. The maximum atomic E-state index is 13.8. The van der Waals surface area contributed by atoms with Crippen LogP contribution in [0, 0.1) is 11.3 Å². The van der Waals surface area contributed by atoms with Gasteiger partial charge in [-0.2, -0.15) is 5.26 Å². The number of rotatable bonds is 6. The predicted molar refractivity (Wildman–Crippen MR) is 158 cm³/mol. The molecule has 0 spiro atoms. The molecule has 0 bridgehead atoms. The Morgan fingerprint density at radius 2 is 2.02 bits per heavy atom. The van der Waals surface area contributed by atoms with E-state index in [2.05, 4.69) is 38.3 Å². The third-order valence-electron chi connectivity index (χ3n) is 7.59. The molecule has 10 nitrogen and oxygen atoms in total. The number of pyridine rings is 1. The Morgan fingerprint density at radius 1 is 1.26 bits per heavy atom. The van der Waals surface area contributed by atoms with Crippen LogP contribution >= 0.6 is 0 Å². The molecule has 0 saturated carbocycles. The maximum absolute atomic E-state index is 13.8. The van der Waals surface area contributed by atoms with Crippen LogP contribution in [0.5, 0.6) is 5.88 Å². The molecule has 0 aliphatic carbocycles. The first-order valence-electron chi connectivity index (χ1n) is 14.0. The minimum Gasteiger partial charge on any atom is -0.480 e. The Labute approximate surface area is 249 Å². The van der Waals surface area contributed by atoms with Crippen molar-refractivity contribution in [1.82, 2.24) is 19.9 Å². The molecule has 0 fully saturated rings. The molecule has 1 aromatic carbocycles. The third kappa shape index (κ3) is 6.22. The molecule has 0 saturated heterocycles. The van der Waals surface area contributed by atoms with Gasteiger partial charge >= 0.3 is 6.09 Å². The van der Waals surface area contributed by atoms with Crippen LogP contribution in [0.25, 0.3) is 11.3 Å². The van der Waals surface area contributed by atoms with Crippen LogP contribution in [0.3, 0.4) is 0 Å². The van der Waals surface area contributed by atoms with E-state index < -0.39 is 30.0 Å². The summed E-state index contributed by atoms with van der Waals surface area (Å²) in [5.41, 5.74) is 2.67. The molecule has 2 aromatic heterocycles. The van der Waals surface area contributed by atoms with Gasteiger partial charge in [0.2, 0.25) is 18.3 Å². The fourth-order valence-electron chi connectivity index (χ4n) is 5.66. The van der Waals surface area contributed by atoms with Crippen LogP contribution in [0.1, 0.15) is 56.5 Å². The van der Waals surface area contributed by atoms with Gasteiger partial charge in [0.05, 0.1) is 29.7 Å². The van der Waals surface area contributed by atoms with Gasteiger partial charge in [-0.05, 0) is 63.2 Å². The number of anilines is 3. The van der Waals surface area contributed by atoms with Crippen molar-refractivity contribution < 1.29 is 23.0 Å². The molecule has 1 unspecified atom stereocenters. The lowest BCUT2D eigenvalue weighted by molar-refractivity contribution is 0.0568. The normalized spacial score (nSPS) is 18.2. The molecule has 226 valence electrons. The summed E-state index contributed by atoms with van der Waals surface area (Å²) in [4.78, 5) is 30.4.